The Labute approximate surface area is 180 Å². The molecule has 31 heavy (non-hydrogen) atoms. The summed E-state index contributed by atoms with van der Waals surface area (Å²) in [6, 6.07) is 12.6. The lowest BCUT2D eigenvalue weighted by Gasteiger charge is -2.23. The third-order valence-electron chi connectivity index (χ3n) is 4.58. The summed E-state index contributed by atoms with van der Waals surface area (Å²) in [5, 5.41) is 18.6. The zero-order valence-electron chi connectivity index (χ0n) is 17.7. The molecule has 1 heterocycles. The number of hydrogen-bond acceptors (Lipinski definition) is 6. The molecule has 2 aromatic carbocycles. The number of H-pyrrole nitrogens is 1. The van der Waals surface area contributed by atoms with Crippen molar-refractivity contribution in [2.24, 2.45) is 10.2 Å². The number of benzene rings is 2. The van der Waals surface area contributed by atoms with Crippen molar-refractivity contribution in [3.05, 3.63) is 58.9 Å². The van der Waals surface area contributed by atoms with E-state index in [9.17, 15) is 18.3 Å². The molecule has 0 aliphatic heterocycles. The van der Waals surface area contributed by atoms with Gasteiger partial charge in [-0.05, 0) is 36.4 Å². The Morgan fingerprint density at radius 1 is 1.03 bits per heavy atom. The molecule has 0 amide bonds. The lowest BCUT2D eigenvalue weighted by Crippen LogP contribution is -2.37. The average molecular weight is 445 g/mol. The fourth-order valence-corrected chi connectivity index (χ4v) is 4.03. The SMILES string of the molecule is C[N+](C)(C)CCCNS(=O)(=O)c1ccc(N=Nc2c(O)c3ccccc3[nH]c2=O)cc1. The van der Waals surface area contributed by atoms with Gasteiger partial charge in [0.1, 0.15) is 0 Å². The molecule has 0 bridgehead atoms. The zero-order chi connectivity index (χ0) is 22.6. The highest BCUT2D eigenvalue weighted by Gasteiger charge is 2.15. The van der Waals surface area contributed by atoms with Gasteiger partial charge in [-0.25, -0.2) is 13.1 Å². The van der Waals surface area contributed by atoms with E-state index in [-0.39, 0.29) is 16.3 Å². The van der Waals surface area contributed by atoms with E-state index >= 15 is 0 Å². The van der Waals surface area contributed by atoms with Gasteiger partial charge in [0.15, 0.2) is 11.4 Å². The highest BCUT2D eigenvalue weighted by Crippen LogP contribution is 2.31. The molecular weight excluding hydrogens is 418 g/mol. The maximum atomic E-state index is 12.4. The number of quaternary nitrogens is 1. The number of rotatable bonds is 8. The van der Waals surface area contributed by atoms with Crippen molar-refractivity contribution in [2.45, 2.75) is 11.3 Å². The first kappa shape index (κ1) is 22.6. The van der Waals surface area contributed by atoms with Crippen LogP contribution in [0.3, 0.4) is 0 Å². The van der Waals surface area contributed by atoms with Gasteiger partial charge in [0, 0.05) is 18.4 Å². The van der Waals surface area contributed by atoms with Crippen LogP contribution in [0.2, 0.25) is 0 Å². The van der Waals surface area contributed by atoms with Crippen LogP contribution < -0.4 is 10.3 Å². The second-order valence-corrected chi connectivity index (χ2v) is 9.92. The van der Waals surface area contributed by atoms with Gasteiger partial charge >= 0.3 is 0 Å². The lowest BCUT2D eigenvalue weighted by atomic mass is 10.2. The van der Waals surface area contributed by atoms with Crippen LogP contribution in [-0.4, -0.2) is 57.2 Å². The smallest absolute Gasteiger partial charge is 0.280 e. The minimum atomic E-state index is -3.62. The molecule has 1 aromatic heterocycles. The van der Waals surface area contributed by atoms with E-state index in [1.54, 1.807) is 24.3 Å². The molecule has 9 nitrogen and oxygen atoms in total. The first-order chi connectivity index (χ1) is 14.6. The highest BCUT2D eigenvalue weighted by atomic mass is 32.2. The van der Waals surface area contributed by atoms with E-state index in [0.717, 1.165) is 17.4 Å². The zero-order valence-corrected chi connectivity index (χ0v) is 18.5. The summed E-state index contributed by atoms with van der Waals surface area (Å²) in [7, 11) is 2.52. The van der Waals surface area contributed by atoms with Crippen LogP contribution >= 0.6 is 0 Å². The summed E-state index contributed by atoms with van der Waals surface area (Å²) in [6.45, 7) is 1.20. The van der Waals surface area contributed by atoms with E-state index in [4.69, 9.17) is 0 Å². The average Bonchev–Trinajstić information content (AvgIpc) is 2.71. The Hall–Kier alpha value is -3.08. The molecule has 0 fully saturated rings. The lowest BCUT2D eigenvalue weighted by molar-refractivity contribution is -0.870. The monoisotopic (exact) mass is 444 g/mol. The molecule has 0 atom stereocenters. The summed E-state index contributed by atoms with van der Waals surface area (Å²) in [5.74, 6) is -0.264. The Balaban J connectivity index is 1.73. The van der Waals surface area contributed by atoms with Crippen LogP contribution in [0.5, 0.6) is 5.75 Å². The van der Waals surface area contributed by atoms with Crippen LogP contribution in [0.1, 0.15) is 6.42 Å². The summed E-state index contributed by atoms with van der Waals surface area (Å²) in [6.07, 6.45) is 0.721. The Kier molecular flexibility index (Phi) is 6.54. The van der Waals surface area contributed by atoms with Crippen LogP contribution in [0.4, 0.5) is 11.4 Å². The topological polar surface area (TPSA) is 124 Å². The van der Waals surface area contributed by atoms with E-state index in [1.807, 2.05) is 21.1 Å². The predicted molar refractivity (Wildman–Crippen MR) is 120 cm³/mol. The normalized spacial score (nSPS) is 12.6. The standard InChI is InChI=1S/C21H25N5O4S/c1-26(2,3)14-6-13-22-31(29,30)16-11-9-15(10-12-16)24-25-19-20(27)17-7-4-5-8-18(17)23-21(19)28/h4-5,7-12,22H,6,13-14H2,1-3H3,(H-,23,24,27,28)/p+1. The molecule has 10 heteroatoms. The van der Waals surface area contributed by atoms with E-state index < -0.39 is 15.6 Å². The molecule has 3 N–H and O–H groups in total. The summed E-state index contributed by atoms with van der Waals surface area (Å²) in [4.78, 5) is 14.9. The molecule has 164 valence electrons. The molecule has 0 unspecified atom stereocenters. The minimum Gasteiger partial charge on any atom is -0.505 e. The number of sulfonamides is 1. The van der Waals surface area contributed by atoms with Gasteiger partial charge in [0.05, 0.1) is 43.8 Å². The summed E-state index contributed by atoms with van der Waals surface area (Å²) < 4.78 is 28.2. The molecule has 3 rings (SSSR count). The van der Waals surface area contributed by atoms with Gasteiger partial charge in [-0.3, -0.25) is 4.79 Å². The largest absolute Gasteiger partial charge is 0.505 e. The number of fused-ring (bicyclic) bond motifs is 1. The predicted octanol–water partition coefficient (Wildman–Crippen LogP) is 3.02. The number of aromatic nitrogens is 1. The third-order valence-corrected chi connectivity index (χ3v) is 6.06. The van der Waals surface area contributed by atoms with Crippen molar-refractivity contribution < 1.29 is 18.0 Å². The molecule has 0 spiro atoms. The number of aromatic hydroxyl groups is 1. The van der Waals surface area contributed by atoms with Crippen LogP contribution in [-0.2, 0) is 10.0 Å². The van der Waals surface area contributed by atoms with E-state index in [0.29, 0.717) is 23.1 Å². The molecule has 0 aliphatic rings. The number of nitrogens with zero attached hydrogens (tertiary/aromatic N) is 3. The van der Waals surface area contributed by atoms with Crippen LogP contribution in [0.15, 0.2) is 68.4 Å². The molecule has 0 saturated heterocycles. The van der Waals surface area contributed by atoms with Crippen molar-refractivity contribution in [2.75, 3.05) is 34.2 Å². The van der Waals surface area contributed by atoms with E-state index in [1.165, 1.54) is 24.3 Å². The fourth-order valence-electron chi connectivity index (χ4n) is 2.95. The van der Waals surface area contributed by atoms with Gasteiger partial charge < -0.3 is 14.6 Å². The van der Waals surface area contributed by atoms with Crippen molar-refractivity contribution >= 4 is 32.3 Å². The van der Waals surface area contributed by atoms with Crippen molar-refractivity contribution in [1.29, 1.82) is 0 Å². The molecule has 0 saturated carbocycles. The van der Waals surface area contributed by atoms with Gasteiger partial charge in [0.25, 0.3) is 5.56 Å². The van der Waals surface area contributed by atoms with Gasteiger partial charge in [-0.1, -0.05) is 12.1 Å². The third kappa shape index (κ3) is 5.75. The molecular formula is C21H26N5O4S+. The number of para-hydroxylation sites is 1. The summed E-state index contributed by atoms with van der Waals surface area (Å²) in [5.41, 5.74) is 0.0509. The number of hydrogen-bond donors (Lipinski definition) is 3. The minimum absolute atomic E-state index is 0.114. The second kappa shape index (κ2) is 8.96. The maximum absolute atomic E-state index is 12.4. The van der Waals surface area contributed by atoms with Gasteiger partial charge in [-0.15, -0.1) is 5.11 Å². The number of aromatic amines is 1. The molecule has 0 aliphatic carbocycles. The first-order valence-corrected chi connectivity index (χ1v) is 11.2. The summed E-state index contributed by atoms with van der Waals surface area (Å²) >= 11 is 0. The van der Waals surface area contributed by atoms with Crippen molar-refractivity contribution in [3.8, 4) is 5.75 Å². The van der Waals surface area contributed by atoms with Crippen molar-refractivity contribution in [1.82, 2.24) is 9.71 Å². The second-order valence-electron chi connectivity index (χ2n) is 8.16. The Bertz CT molecular complexity index is 1260. The number of pyridine rings is 1. The first-order valence-electron chi connectivity index (χ1n) is 9.73. The van der Waals surface area contributed by atoms with Gasteiger partial charge in [-0.2, -0.15) is 5.11 Å². The number of azo groups is 1. The Morgan fingerprint density at radius 2 is 1.71 bits per heavy atom. The fraction of sp³-hybridized carbons (Fsp3) is 0.286. The highest BCUT2D eigenvalue weighted by molar-refractivity contribution is 7.89. The van der Waals surface area contributed by atoms with Crippen LogP contribution in [0, 0.1) is 0 Å². The quantitative estimate of drug-likeness (QED) is 0.281. The molecule has 0 radical (unpaired) electrons. The van der Waals surface area contributed by atoms with E-state index in [2.05, 4.69) is 19.9 Å². The number of nitrogens with one attached hydrogen (secondary N) is 2. The maximum Gasteiger partial charge on any atom is 0.280 e. The Morgan fingerprint density at radius 3 is 2.39 bits per heavy atom. The van der Waals surface area contributed by atoms with Crippen LogP contribution in [0.25, 0.3) is 10.9 Å². The van der Waals surface area contributed by atoms with Gasteiger partial charge in [0.2, 0.25) is 10.0 Å². The molecule has 3 aromatic rings. The van der Waals surface area contributed by atoms with Crippen molar-refractivity contribution in [3.63, 3.8) is 0 Å².